The Balaban J connectivity index is 2.69. The minimum absolute atomic E-state index is 0.113. The molecule has 1 aromatic carbocycles. The van der Waals surface area contributed by atoms with Crippen LogP contribution in [0.3, 0.4) is 0 Å². The van der Waals surface area contributed by atoms with Crippen molar-refractivity contribution in [3.05, 3.63) is 35.9 Å². The molecule has 0 radical (unpaired) electrons. The first-order valence-electron chi connectivity index (χ1n) is 5.03. The van der Waals surface area contributed by atoms with Gasteiger partial charge in [-0.25, -0.2) is 0 Å². The second-order valence-corrected chi connectivity index (χ2v) is 4.34. The number of benzene rings is 1. The summed E-state index contributed by atoms with van der Waals surface area (Å²) in [5.74, 6) is 0.956. The Hall–Kier alpha value is -1.42. The number of hydrogen-bond acceptors (Lipinski definition) is 3. The van der Waals surface area contributed by atoms with Crippen molar-refractivity contribution in [1.82, 2.24) is 4.72 Å². The first-order chi connectivity index (χ1) is 7.63. The Labute approximate surface area is 99.7 Å². The van der Waals surface area contributed by atoms with Gasteiger partial charge in [0.25, 0.3) is 5.91 Å². The molecule has 0 heterocycles. The molecule has 0 saturated carbocycles. The molecule has 1 aromatic rings. The predicted octanol–water partition coefficient (Wildman–Crippen LogP) is 2.58. The molecule has 3 nitrogen and oxygen atoms in total. The third kappa shape index (κ3) is 3.98. The van der Waals surface area contributed by atoms with E-state index in [9.17, 15) is 4.79 Å². The average Bonchev–Trinajstić information content (AvgIpc) is 2.27. The third-order valence-corrected chi connectivity index (χ3v) is 2.62. The number of rotatable bonds is 4. The summed E-state index contributed by atoms with van der Waals surface area (Å²) in [6.07, 6.45) is 1.55. The number of nitrogens with one attached hydrogen (secondary N) is 1. The second kappa shape index (κ2) is 6.23. The lowest BCUT2D eigenvalue weighted by molar-refractivity contribution is -0.114. The van der Waals surface area contributed by atoms with Crippen LogP contribution in [0.25, 0.3) is 5.57 Å². The fraction of sp³-hybridized carbons (Fsp3) is 0.250. The lowest BCUT2D eigenvalue weighted by atomic mass is 10.1. The van der Waals surface area contributed by atoms with Crippen molar-refractivity contribution < 1.29 is 9.90 Å². The Bertz CT molecular complexity index is 385. The van der Waals surface area contributed by atoms with Crippen LogP contribution < -0.4 is 4.72 Å². The molecule has 0 spiro atoms. The van der Waals surface area contributed by atoms with Gasteiger partial charge in [-0.3, -0.25) is 9.52 Å². The molecule has 0 aromatic heterocycles. The average molecular weight is 237 g/mol. The quantitative estimate of drug-likeness (QED) is 0.625. The lowest BCUT2D eigenvalue weighted by Crippen LogP contribution is -2.12. The van der Waals surface area contributed by atoms with E-state index in [1.807, 2.05) is 13.8 Å². The van der Waals surface area contributed by atoms with Gasteiger partial charge in [0, 0.05) is 11.8 Å². The molecule has 0 saturated heterocycles. The standard InChI is InChI=1S/C12H15NO2S/c1-3-16-13-12(15)8-9(2)10-4-6-11(14)7-5-10/h4-8,14H,3H2,1-2H3,(H,13,15)/b9-8+. The van der Waals surface area contributed by atoms with Crippen molar-refractivity contribution in [3.8, 4) is 5.75 Å². The molecule has 0 aliphatic heterocycles. The van der Waals surface area contributed by atoms with Gasteiger partial charge in [0.15, 0.2) is 0 Å². The van der Waals surface area contributed by atoms with E-state index in [1.165, 1.54) is 11.9 Å². The number of allylic oxidation sites excluding steroid dienone is 1. The van der Waals surface area contributed by atoms with Crippen LogP contribution in [0, 0.1) is 0 Å². The maximum Gasteiger partial charge on any atom is 0.254 e. The Morgan fingerprint density at radius 1 is 1.44 bits per heavy atom. The van der Waals surface area contributed by atoms with Gasteiger partial charge in [0.1, 0.15) is 5.75 Å². The van der Waals surface area contributed by atoms with Crippen LogP contribution >= 0.6 is 11.9 Å². The van der Waals surface area contributed by atoms with Gasteiger partial charge in [-0.05, 0) is 30.2 Å². The zero-order valence-electron chi connectivity index (χ0n) is 9.36. The smallest absolute Gasteiger partial charge is 0.254 e. The molecule has 0 fully saturated rings. The number of amides is 1. The van der Waals surface area contributed by atoms with Crippen LogP contribution in [0.1, 0.15) is 19.4 Å². The molecule has 1 rings (SSSR count). The zero-order chi connectivity index (χ0) is 12.0. The summed E-state index contributed by atoms with van der Waals surface area (Å²) in [7, 11) is 0. The molecule has 0 aliphatic rings. The van der Waals surface area contributed by atoms with Gasteiger partial charge >= 0.3 is 0 Å². The van der Waals surface area contributed by atoms with Gasteiger partial charge in [0.05, 0.1) is 0 Å². The summed E-state index contributed by atoms with van der Waals surface area (Å²) in [4.78, 5) is 11.4. The summed E-state index contributed by atoms with van der Waals surface area (Å²) >= 11 is 1.37. The highest BCUT2D eigenvalue weighted by molar-refractivity contribution is 7.97. The highest BCUT2D eigenvalue weighted by Crippen LogP contribution is 2.17. The molecule has 0 aliphatic carbocycles. The van der Waals surface area contributed by atoms with E-state index in [0.29, 0.717) is 0 Å². The second-order valence-electron chi connectivity index (χ2n) is 3.27. The van der Waals surface area contributed by atoms with Gasteiger partial charge in [-0.1, -0.05) is 31.0 Å². The molecule has 0 atom stereocenters. The first kappa shape index (κ1) is 12.6. The van der Waals surface area contributed by atoms with Crippen molar-refractivity contribution >= 4 is 23.4 Å². The molecule has 86 valence electrons. The normalized spacial score (nSPS) is 11.2. The van der Waals surface area contributed by atoms with Crippen LogP contribution in [-0.4, -0.2) is 16.8 Å². The van der Waals surface area contributed by atoms with E-state index in [4.69, 9.17) is 5.11 Å². The number of hydrogen-bond donors (Lipinski definition) is 2. The summed E-state index contributed by atoms with van der Waals surface area (Å²) in [5, 5.41) is 9.13. The van der Waals surface area contributed by atoms with Crippen molar-refractivity contribution in [1.29, 1.82) is 0 Å². The Kier molecular flexibility index (Phi) is 4.92. The van der Waals surface area contributed by atoms with Crippen molar-refractivity contribution in [2.75, 3.05) is 5.75 Å². The number of carbonyl (C=O) groups excluding carboxylic acids is 1. The SMILES string of the molecule is CCSNC(=O)/C=C(\C)c1ccc(O)cc1. The Morgan fingerprint density at radius 2 is 2.06 bits per heavy atom. The maximum absolute atomic E-state index is 11.4. The summed E-state index contributed by atoms with van der Waals surface area (Å²) in [5.41, 5.74) is 1.80. The van der Waals surface area contributed by atoms with Crippen molar-refractivity contribution in [2.24, 2.45) is 0 Å². The summed E-state index contributed by atoms with van der Waals surface area (Å²) in [6, 6.07) is 6.76. The van der Waals surface area contributed by atoms with Crippen LogP contribution in [-0.2, 0) is 4.79 Å². The number of phenols is 1. The van der Waals surface area contributed by atoms with Crippen LogP contribution in [0.15, 0.2) is 30.3 Å². The highest BCUT2D eigenvalue weighted by atomic mass is 32.2. The molecule has 1 amide bonds. The predicted molar refractivity (Wildman–Crippen MR) is 68.0 cm³/mol. The summed E-state index contributed by atoms with van der Waals surface area (Å²) in [6.45, 7) is 3.84. The minimum Gasteiger partial charge on any atom is -0.508 e. The van der Waals surface area contributed by atoms with Crippen molar-refractivity contribution in [2.45, 2.75) is 13.8 Å². The zero-order valence-corrected chi connectivity index (χ0v) is 10.2. The molecule has 16 heavy (non-hydrogen) atoms. The molecule has 0 unspecified atom stereocenters. The van der Waals surface area contributed by atoms with E-state index in [2.05, 4.69) is 4.72 Å². The van der Waals surface area contributed by atoms with E-state index >= 15 is 0 Å². The highest BCUT2D eigenvalue weighted by Gasteiger charge is 2.00. The van der Waals surface area contributed by atoms with E-state index < -0.39 is 0 Å². The lowest BCUT2D eigenvalue weighted by Gasteiger charge is -2.02. The number of phenolic OH excluding ortho intramolecular Hbond substituents is 1. The fourth-order valence-corrected chi connectivity index (χ4v) is 1.52. The monoisotopic (exact) mass is 237 g/mol. The Morgan fingerprint density at radius 3 is 2.62 bits per heavy atom. The number of carbonyl (C=O) groups is 1. The first-order valence-corrected chi connectivity index (χ1v) is 6.01. The van der Waals surface area contributed by atoms with Gasteiger partial charge in [-0.2, -0.15) is 0 Å². The maximum atomic E-state index is 11.4. The van der Waals surface area contributed by atoms with Gasteiger partial charge < -0.3 is 5.11 Å². The molecule has 0 bridgehead atoms. The largest absolute Gasteiger partial charge is 0.508 e. The van der Waals surface area contributed by atoms with Crippen molar-refractivity contribution in [3.63, 3.8) is 0 Å². The molecule has 2 N–H and O–H groups in total. The molecular formula is C12H15NO2S. The van der Waals surface area contributed by atoms with Gasteiger partial charge in [-0.15, -0.1) is 0 Å². The van der Waals surface area contributed by atoms with E-state index in [1.54, 1.807) is 30.3 Å². The topological polar surface area (TPSA) is 49.3 Å². The summed E-state index contributed by atoms with van der Waals surface area (Å²) < 4.78 is 2.70. The molecule has 4 heteroatoms. The van der Waals surface area contributed by atoms with Crippen LogP contribution in [0.4, 0.5) is 0 Å². The molecular weight excluding hydrogens is 222 g/mol. The third-order valence-electron chi connectivity index (χ3n) is 1.99. The van der Waals surface area contributed by atoms with Gasteiger partial charge in [0.2, 0.25) is 0 Å². The minimum atomic E-state index is -0.113. The van der Waals surface area contributed by atoms with E-state index in [0.717, 1.165) is 16.9 Å². The van der Waals surface area contributed by atoms with Crippen LogP contribution in [0.2, 0.25) is 0 Å². The van der Waals surface area contributed by atoms with E-state index in [-0.39, 0.29) is 11.7 Å². The van der Waals surface area contributed by atoms with Crippen LogP contribution in [0.5, 0.6) is 5.75 Å². The fourth-order valence-electron chi connectivity index (χ4n) is 1.18. The number of aromatic hydroxyl groups is 1.